The molecule has 88 valence electrons. The van der Waals surface area contributed by atoms with Crippen LogP contribution in [0.3, 0.4) is 0 Å². The Hall–Kier alpha value is -1.41. The van der Waals surface area contributed by atoms with Gasteiger partial charge in [-0.25, -0.2) is 0 Å². The molecule has 1 aromatic heterocycles. The minimum Gasteiger partial charge on any atom is -0.464 e. The molecule has 0 N–H and O–H groups in total. The number of halogens is 1. The average Bonchev–Trinajstić information content (AvgIpc) is 3.02. The predicted octanol–water partition coefficient (Wildman–Crippen LogP) is 4.20. The molecule has 1 aliphatic heterocycles. The summed E-state index contributed by atoms with van der Waals surface area (Å²) >= 11 is 6.08. The van der Waals surface area contributed by atoms with Crippen molar-refractivity contribution in [3.8, 4) is 11.3 Å². The molecular weight excluding hydrogens is 234 g/mol. The van der Waals surface area contributed by atoms with E-state index in [0.717, 1.165) is 29.4 Å². The van der Waals surface area contributed by atoms with Gasteiger partial charge in [0.2, 0.25) is 0 Å². The van der Waals surface area contributed by atoms with E-state index >= 15 is 0 Å². The third-order valence-corrected chi connectivity index (χ3v) is 3.43. The zero-order valence-electron chi connectivity index (χ0n) is 9.53. The van der Waals surface area contributed by atoms with Crippen molar-refractivity contribution in [2.24, 2.45) is 0 Å². The average molecular weight is 248 g/mol. The molecule has 0 amide bonds. The number of rotatable bonds is 2. The number of furan rings is 1. The minimum absolute atomic E-state index is 0.749. The maximum absolute atomic E-state index is 6.08. The molecular formula is C14H14ClNO. The van der Waals surface area contributed by atoms with Crippen LogP contribution in [-0.4, -0.2) is 13.1 Å². The van der Waals surface area contributed by atoms with Crippen molar-refractivity contribution in [2.75, 3.05) is 18.0 Å². The van der Waals surface area contributed by atoms with Crippen LogP contribution in [0.2, 0.25) is 5.02 Å². The lowest BCUT2D eigenvalue weighted by molar-refractivity contribution is 0.582. The Kier molecular flexibility index (Phi) is 2.81. The van der Waals surface area contributed by atoms with Gasteiger partial charge in [0.1, 0.15) is 5.76 Å². The number of hydrogen-bond donors (Lipinski definition) is 0. The summed E-state index contributed by atoms with van der Waals surface area (Å²) in [6.07, 6.45) is 4.23. The predicted molar refractivity (Wildman–Crippen MR) is 70.6 cm³/mol. The fourth-order valence-corrected chi connectivity index (χ4v) is 2.54. The second kappa shape index (κ2) is 4.46. The smallest absolute Gasteiger partial charge is 0.135 e. The van der Waals surface area contributed by atoms with E-state index in [1.54, 1.807) is 6.26 Å². The van der Waals surface area contributed by atoms with Crippen LogP contribution in [0.1, 0.15) is 12.8 Å². The van der Waals surface area contributed by atoms with E-state index in [-0.39, 0.29) is 0 Å². The first kappa shape index (κ1) is 10.7. The molecule has 2 aromatic rings. The summed E-state index contributed by atoms with van der Waals surface area (Å²) in [5, 5.41) is 0.749. The zero-order valence-corrected chi connectivity index (χ0v) is 10.3. The van der Waals surface area contributed by atoms with Crippen molar-refractivity contribution >= 4 is 17.3 Å². The molecule has 1 fully saturated rings. The van der Waals surface area contributed by atoms with Gasteiger partial charge in [-0.15, -0.1) is 0 Å². The molecule has 0 spiro atoms. The number of nitrogens with zero attached hydrogens (tertiary/aromatic N) is 1. The van der Waals surface area contributed by atoms with Gasteiger partial charge in [-0.3, -0.25) is 0 Å². The van der Waals surface area contributed by atoms with Crippen LogP contribution in [0.25, 0.3) is 11.3 Å². The quantitative estimate of drug-likeness (QED) is 0.791. The van der Waals surface area contributed by atoms with Crippen LogP contribution in [0, 0.1) is 0 Å². The maximum Gasteiger partial charge on any atom is 0.135 e. The van der Waals surface area contributed by atoms with Crippen LogP contribution >= 0.6 is 11.6 Å². The Bertz CT molecular complexity index is 501. The molecule has 17 heavy (non-hydrogen) atoms. The van der Waals surface area contributed by atoms with E-state index in [1.165, 1.54) is 18.5 Å². The Labute approximate surface area is 106 Å². The molecule has 0 radical (unpaired) electrons. The first-order valence-electron chi connectivity index (χ1n) is 5.93. The van der Waals surface area contributed by atoms with Gasteiger partial charge in [-0.2, -0.15) is 0 Å². The molecule has 0 atom stereocenters. The summed E-state index contributed by atoms with van der Waals surface area (Å²) in [6.45, 7) is 2.24. The van der Waals surface area contributed by atoms with Crippen molar-refractivity contribution in [3.63, 3.8) is 0 Å². The van der Waals surface area contributed by atoms with Crippen molar-refractivity contribution in [1.29, 1.82) is 0 Å². The normalized spacial score (nSPS) is 15.5. The summed E-state index contributed by atoms with van der Waals surface area (Å²) in [5.74, 6) is 0.884. The van der Waals surface area contributed by atoms with E-state index in [2.05, 4.69) is 11.0 Å². The minimum atomic E-state index is 0.749. The molecule has 0 bridgehead atoms. The van der Waals surface area contributed by atoms with Gasteiger partial charge < -0.3 is 9.32 Å². The lowest BCUT2D eigenvalue weighted by atomic mass is 10.1. The summed E-state index contributed by atoms with van der Waals surface area (Å²) < 4.78 is 5.49. The third-order valence-electron chi connectivity index (χ3n) is 3.19. The Morgan fingerprint density at radius 3 is 2.65 bits per heavy atom. The number of anilines is 1. The lowest BCUT2D eigenvalue weighted by Gasteiger charge is -2.20. The van der Waals surface area contributed by atoms with E-state index in [0.29, 0.717) is 0 Å². The summed E-state index contributed by atoms with van der Waals surface area (Å²) in [6, 6.07) is 9.90. The van der Waals surface area contributed by atoms with Gasteiger partial charge in [0.15, 0.2) is 0 Å². The highest BCUT2D eigenvalue weighted by molar-refractivity contribution is 6.31. The van der Waals surface area contributed by atoms with Crippen LogP contribution < -0.4 is 4.90 Å². The van der Waals surface area contributed by atoms with E-state index in [9.17, 15) is 0 Å². The second-order valence-electron chi connectivity index (χ2n) is 4.33. The van der Waals surface area contributed by atoms with Crippen LogP contribution in [0.5, 0.6) is 0 Å². The van der Waals surface area contributed by atoms with Crippen LogP contribution in [0.15, 0.2) is 41.0 Å². The van der Waals surface area contributed by atoms with Gasteiger partial charge in [0.05, 0.1) is 6.26 Å². The van der Waals surface area contributed by atoms with E-state index in [1.807, 2.05) is 24.3 Å². The standard InChI is InChI=1S/C14H14ClNO/c15-11-5-6-13(16-7-1-2-8-16)12(10-11)14-4-3-9-17-14/h3-6,9-10H,1-2,7-8H2. The highest BCUT2D eigenvalue weighted by Gasteiger charge is 2.17. The van der Waals surface area contributed by atoms with Crippen molar-refractivity contribution < 1.29 is 4.42 Å². The molecule has 0 saturated carbocycles. The number of benzene rings is 1. The fourth-order valence-electron chi connectivity index (χ4n) is 2.37. The molecule has 2 nitrogen and oxygen atoms in total. The van der Waals surface area contributed by atoms with Crippen LogP contribution in [0.4, 0.5) is 5.69 Å². The molecule has 0 unspecified atom stereocenters. The maximum atomic E-state index is 6.08. The summed E-state index contributed by atoms with van der Waals surface area (Å²) in [4.78, 5) is 2.40. The van der Waals surface area contributed by atoms with Crippen molar-refractivity contribution in [2.45, 2.75) is 12.8 Å². The largest absolute Gasteiger partial charge is 0.464 e. The topological polar surface area (TPSA) is 16.4 Å². The third kappa shape index (κ3) is 2.05. The summed E-state index contributed by atoms with van der Waals surface area (Å²) in [5.41, 5.74) is 2.31. The molecule has 1 aliphatic rings. The Morgan fingerprint density at radius 2 is 1.94 bits per heavy atom. The first-order valence-corrected chi connectivity index (χ1v) is 6.31. The second-order valence-corrected chi connectivity index (χ2v) is 4.77. The fraction of sp³-hybridized carbons (Fsp3) is 0.286. The van der Waals surface area contributed by atoms with Crippen molar-refractivity contribution in [3.05, 3.63) is 41.6 Å². The molecule has 3 rings (SSSR count). The molecule has 2 heterocycles. The van der Waals surface area contributed by atoms with Gasteiger partial charge in [0.25, 0.3) is 0 Å². The monoisotopic (exact) mass is 247 g/mol. The highest BCUT2D eigenvalue weighted by atomic mass is 35.5. The van der Waals surface area contributed by atoms with Crippen LogP contribution in [-0.2, 0) is 0 Å². The molecule has 0 aliphatic carbocycles. The summed E-state index contributed by atoms with van der Waals surface area (Å²) in [7, 11) is 0. The lowest BCUT2D eigenvalue weighted by Crippen LogP contribution is -2.18. The Morgan fingerprint density at radius 1 is 1.12 bits per heavy atom. The molecule has 1 aromatic carbocycles. The SMILES string of the molecule is Clc1ccc(N2CCCC2)c(-c2ccco2)c1. The molecule has 1 saturated heterocycles. The van der Waals surface area contributed by atoms with Gasteiger partial charge in [0, 0.05) is 29.4 Å². The van der Waals surface area contributed by atoms with Crippen molar-refractivity contribution in [1.82, 2.24) is 0 Å². The van der Waals surface area contributed by atoms with Gasteiger partial charge in [-0.05, 0) is 43.2 Å². The number of hydrogen-bond acceptors (Lipinski definition) is 2. The van der Waals surface area contributed by atoms with E-state index in [4.69, 9.17) is 16.0 Å². The van der Waals surface area contributed by atoms with Gasteiger partial charge >= 0.3 is 0 Å². The first-order chi connectivity index (χ1) is 8.34. The van der Waals surface area contributed by atoms with Gasteiger partial charge in [-0.1, -0.05) is 11.6 Å². The highest BCUT2D eigenvalue weighted by Crippen LogP contribution is 2.35. The zero-order chi connectivity index (χ0) is 11.7. The molecule has 3 heteroatoms. The Balaban J connectivity index is 2.08. The van der Waals surface area contributed by atoms with E-state index < -0.39 is 0 Å².